The largest absolute Gasteiger partial charge is 0.449 e. The van der Waals surface area contributed by atoms with Crippen molar-refractivity contribution in [1.82, 2.24) is 0 Å². The zero-order valence-electron chi connectivity index (χ0n) is 15.3. The van der Waals surface area contributed by atoms with Crippen LogP contribution in [0.1, 0.15) is 17.3 Å². The summed E-state index contributed by atoms with van der Waals surface area (Å²) in [6.07, 6.45) is -1.23. The number of amides is 1. The molecule has 0 aromatic heterocycles. The molecule has 0 saturated carbocycles. The van der Waals surface area contributed by atoms with E-state index >= 15 is 0 Å². The molecule has 6 nitrogen and oxygen atoms in total. The Morgan fingerprint density at radius 2 is 1.68 bits per heavy atom. The number of morpholine rings is 1. The third-order valence-electron chi connectivity index (χ3n) is 4.33. The Hall–Kier alpha value is -3.00. The van der Waals surface area contributed by atoms with E-state index < -0.39 is 35.2 Å². The predicted molar refractivity (Wildman–Crippen MR) is 99.3 cm³/mol. The second-order valence-electron chi connectivity index (χ2n) is 6.28. The molecule has 8 heteroatoms. The van der Waals surface area contributed by atoms with E-state index in [2.05, 4.69) is 10.2 Å². The van der Waals surface area contributed by atoms with Gasteiger partial charge in [-0.3, -0.25) is 4.79 Å². The number of nitrogens with one attached hydrogen (secondary N) is 1. The predicted octanol–water partition coefficient (Wildman–Crippen LogP) is 2.99. The molecule has 1 heterocycles. The average molecular weight is 390 g/mol. The van der Waals surface area contributed by atoms with Gasteiger partial charge in [-0.25, -0.2) is 13.6 Å². The molecule has 1 saturated heterocycles. The fourth-order valence-corrected chi connectivity index (χ4v) is 2.79. The van der Waals surface area contributed by atoms with E-state index in [1.165, 1.54) is 6.92 Å². The Morgan fingerprint density at radius 3 is 2.29 bits per heavy atom. The maximum absolute atomic E-state index is 13.6. The highest BCUT2D eigenvalue weighted by Gasteiger charge is 2.24. The van der Waals surface area contributed by atoms with Crippen molar-refractivity contribution >= 4 is 23.3 Å². The summed E-state index contributed by atoms with van der Waals surface area (Å²) in [7, 11) is 0. The van der Waals surface area contributed by atoms with Gasteiger partial charge in [-0.1, -0.05) is 6.07 Å². The summed E-state index contributed by atoms with van der Waals surface area (Å²) in [6.45, 7) is 4.26. The first-order valence-corrected chi connectivity index (χ1v) is 8.84. The van der Waals surface area contributed by atoms with Crippen LogP contribution in [0.2, 0.25) is 0 Å². The maximum Gasteiger partial charge on any atom is 0.344 e. The first-order valence-electron chi connectivity index (χ1n) is 8.84. The summed E-state index contributed by atoms with van der Waals surface area (Å²) in [4.78, 5) is 26.4. The Kier molecular flexibility index (Phi) is 6.20. The second kappa shape index (κ2) is 8.79. The maximum atomic E-state index is 13.6. The molecular weight excluding hydrogens is 370 g/mol. The fraction of sp³-hybridized carbons (Fsp3) is 0.300. The van der Waals surface area contributed by atoms with E-state index in [4.69, 9.17) is 9.47 Å². The quantitative estimate of drug-likeness (QED) is 0.795. The van der Waals surface area contributed by atoms with E-state index in [-0.39, 0.29) is 0 Å². The van der Waals surface area contributed by atoms with Crippen LogP contribution in [-0.4, -0.2) is 44.3 Å². The van der Waals surface area contributed by atoms with E-state index in [0.717, 1.165) is 37.0 Å². The van der Waals surface area contributed by atoms with Gasteiger partial charge in [-0.15, -0.1) is 0 Å². The van der Waals surface area contributed by atoms with Crippen LogP contribution in [0.15, 0.2) is 42.5 Å². The highest BCUT2D eigenvalue weighted by Crippen LogP contribution is 2.20. The van der Waals surface area contributed by atoms with Gasteiger partial charge >= 0.3 is 5.97 Å². The molecule has 148 valence electrons. The molecule has 2 aromatic carbocycles. The number of hydrogen-bond acceptors (Lipinski definition) is 5. The molecule has 3 rings (SSSR count). The molecule has 1 aliphatic heterocycles. The number of benzene rings is 2. The van der Waals surface area contributed by atoms with Gasteiger partial charge in [0.05, 0.1) is 13.2 Å². The third-order valence-corrected chi connectivity index (χ3v) is 4.33. The Balaban J connectivity index is 1.58. The number of nitrogens with zero attached hydrogens (tertiary/aromatic N) is 1. The molecule has 1 amide bonds. The molecular formula is C20H20F2N2O4. The van der Waals surface area contributed by atoms with E-state index in [9.17, 15) is 18.4 Å². The summed E-state index contributed by atoms with van der Waals surface area (Å²) in [6, 6.07) is 10.2. The van der Waals surface area contributed by atoms with E-state index in [1.807, 2.05) is 12.1 Å². The fourth-order valence-electron chi connectivity index (χ4n) is 2.79. The number of anilines is 2. The molecule has 1 fully saturated rings. The molecule has 1 aliphatic rings. The normalized spacial score (nSPS) is 15.0. The van der Waals surface area contributed by atoms with Crippen LogP contribution >= 0.6 is 0 Å². The first-order chi connectivity index (χ1) is 13.5. The summed E-state index contributed by atoms with van der Waals surface area (Å²) in [5.74, 6) is -3.93. The molecule has 0 aliphatic carbocycles. The van der Waals surface area contributed by atoms with Crippen LogP contribution in [0.4, 0.5) is 20.2 Å². The Bertz CT molecular complexity index is 832. The number of carbonyl (C=O) groups excluding carboxylic acids is 2. The van der Waals surface area contributed by atoms with Crippen molar-refractivity contribution in [2.45, 2.75) is 13.0 Å². The van der Waals surface area contributed by atoms with Gasteiger partial charge < -0.3 is 19.7 Å². The zero-order chi connectivity index (χ0) is 20.1. The van der Waals surface area contributed by atoms with Crippen molar-refractivity contribution in [2.24, 2.45) is 0 Å². The van der Waals surface area contributed by atoms with Crippen molar-refractivity contribution in [3.8, 4) is 0 Å². The standard InChI is InChI=1S/C20H20F2N2O4/c1-13(28-20(26)18-16(21)3-2-4-17(18)22)19(25)23-14-5-7-15(8-6-14)24-9-11-27-12-10-24/h2-8,13H,9-12H2,1H3,(H,23,25)/t13-/m0/s1. The Labute approximate surface area is 161 Å². The molecule has 28 heavy (non-hydrogen) atoms. The van der Waals surface area contributed by atoms with Crippen LogP contribution < -0.4 is 10.2 Å². The zero-order valence-corrected chi connectivity index (χ0v) is 15.3. The summed E-state index contributed by atoms with van der Waals surface area (Å²) in [5, 5.41) is 2.61. The molecule has 1 atom stereocenters. The van der Waals surface area contributed by atoms with Crippen molar-refractivity contribution in [2.75, 3.05) is 36.5 Å². The highest BCUT2D eigenvalue weighted by atomic mass is 19.1. The second-order valence-corrected chi connectivity index (χ2v) is 6.28. The van der Waals surface area contributed by atoms with E-state index in [0.29, 0.717) is 18.9 Å². The molecule has 1 N–H and O–H groups in total. The average Bonchev–Trinajstić information content (AvgIpc) is 2.69. The van der Waals surface area contributed by atoms with Gasteiger partial charge in [-0.05, 0) is 43.3 Å². The molecule has 0 bridgehead atoms. The molecule has 0 radical (unpaired) electrons. The van der Waals surface area contributed by atoms with Gasteiger partial charge in [0, 0.05) is 24.5 Å². The van der Waals surface area contributed by atoms with Crippen molar-refractivity contribution in [1.29, 1.82) is 0 Å². The minimum absolute atomic E-state index is 0.516. The smallest absolute Gasteiger partial charge is 0.344 e. The van der Waals surface area contributed by atoms with Gasteiger partial charge in [0.15, 0.2) is 6.10 Å². The van der Waals surface area contributed by atoms with Crippen LogP contribution in [-0.2, 0) is 14.3 Å². The van der Waals surface area contributed by atoms with Crippen molar-refractivity contribution in [3.05, 3.63) is 59.7 Å². The molecule has 0 unspecified atom stereocenters. The van der Waals surface area contributed by atoms with Crippen LogP contribution in [0.3, 0.4) is 0 Å². The first kappa shape index (κ1) is 19.8. The topological polar surface area (TPSA) is 67.9 Å². The lowest BCUT2D eigenvalue weighted by Gasteiger charge is -2.28. The lowest BCUT2D eigenvalue weighted by Crippen LogP contribution is -2.36. The van der Waals surface area contributed by atoms with Gasteiger partial charge in [0.1, 0.15) is 17.2 Å². The monoisotopic (exact) mass is 390 g/mol. The van der Waals surface area contributed by atoms with E-state index in [1.54, 1.807) is 12.1 Å². The van der Waals surface area contributed by atoms with Crippen LogP contribution in [0, 0.1) is 11.6 Å². The Morgan fingerprint density at radius 1 is 1.07 bits per heavy atom. The van der Waals surface area contributed by atoms with Crippen LogP contribution in [0.5, 0.6) is 0 Å². The van der Waals surface area contributed by atoms with Crippen LogP contribution in [0.25, 0.3) is 0 Å². The van der Waals surface area contributed by atoms with Crippen molar-refractivity contribution < 1.29 is 27.8 Å². The number of rotatable bonds is 5. The van der Waals surface area contributed by atoms with Gasteiger partial charge in [0.2, 0.25) is 0 Å². The minimum Gasteiger partial charge on any atom is -0.449 e. The molecule has 2 aromatic rings. The third kappa shape index (κ3) is 4.64. The van der Waals surface area contributed by atoms with Crippen molar-refractivity contribution in [3.63, 3.8) is 0 Å². The lowest BCUT2D eigenvalue weighted by atomic mass is 10.2. The summed E-state index contributed by atoms with van der Waals surface area (Å²) in [5.41, 5.74) is 0.704. The number of carbonyl (C=O) groups is 2. The number of hydrogen-bond donors (Lipinski definition) is 1. The minimum atomic E-state index is -1.24. The lowest BCUT2D eigenvalue weighted by molar-refractivity contribution is -0.123. The van der Waals surface area contributed by atoms with Gasteiger partial charge in [0.25, 0.3) is 5.91 Å². The summed E-state index contributed by atoms with van der Waals surface area (Å²) >= 11 is 0. The summed E-state index contributed by atoms with van der Waals surface area (Å²) < 4.78 is 37.5. The number of esters is 1. The van der Waals surface area contributed by atoms with Gasteiger partial charge in [-0.2, -0.15) is 0 Å². The SMILES string of the molecule is C[C@H](OC(=O)c1c(F)cccc1F)C(=O)Nc1ccc(N2CCOCC2)cc1. The number of halogens is 2. The highest BCUT2D eigenvalue weighted by molar-refractivity contribution is 5.97. The molecule has 0 spiro atoms. The number of ether oxygens (including phenoxy) is 2.